The molecule has 0 amide bonds. The quantitative estimate of drug-likeness (QED) is 0.551. The number of nitrogens with zero attached hydrogens (tertiary/aromatic N) is 4. The van der Waals surface area contributed by atoms with E-state index in [9.17, 15) is 8.42 Å². The molecule has 1 fully saturated rings. The smallest absolute Gasteiger partial charge is 0.211 e. The van der Waals surface area contributed by atoms with E-state index in [1.54, 1.807) is 6.07 Å². The van der Waals surface area contributed by atoms with Crippen molar-refractivity contribution in [2.75, 3.05) is 37.9 Å². The first-order valence-corrected chi connectivity index (χ1v) is 8.22. The molecule has 0 saturated carbocycles. The molecule has 1 aliphatic heterocycles. The lowest BCUT2D eigenvalue weighted by Gasteiger charge is -2.32. The highest BCUT2D eigenvalue weighted by atomic mass is 32.2. The van der Waals surface area contributed by atoms with Crippen molar-refractivity contribution >= 4 is 15.8 Å². The summed E-state index contributed by atoms with van der Waals surface area (Å²) in [5, 5.41) is 0. The Morgan fingerprint density at radius 3 is 2.50 bits per heavy atom. The van der Waals surface area contributed by atoms with E-state index in [1.165, 1.54) is 10.6 Å². The van der Waals surface area contributed by atoms with Gasteiger partial charge < -0.3 is 5.43 Å². The van der Waals surface area contributed by atoms with E-state index in [1.807, 2.05) is 6.92 Å². The number of nitrogen functional groups attached to an aromatic ring is 1. The Morgan fingerprint density at radius 2 is 1.95 bits per heavy atom. The molecule has 1 aliphatic rings. The first-order chi connectivity index (χ1) is 9.38. The highest BCUT2D eigenvalue weighted by molar-refractivity contribution is 7.88. The Kier molecular flexibility index (Phi) is 4.53. The van der Waals surface area contributed by atoms with Crippen LogP contribution in [0.15, 0.2) is 6.07 Å². The molecular formula is C11H20N6O2S. The van der Waals surface area contributed by atoms with Gasteiger partial charge in [-0.25, -0.2) is 24.2 Å². The molecule has 112 valence electrons. The average molecular weight is 300 g/mol. The van der Waals surface area contributed by atoms with Crippen molar-refractivity contribution in [1.82, 2.24) is 19.2 Å². The predicted molar refractivity (Wildman–Crippen MR) is 76.3 cm³/mol. The van der Waals surface area contributed by atoms with Gasteiger partial charge in [0.05, 0.1) is 12.8 Å². The molecule has 1 saturated heterocycles. The van der Waals surface area contributed by atoms with Crippen LogP contribution in [0.2, 0.25) is 0 Å². The summed E-state index contributed by atoms with van der Waals surface area (Å²) in [6, 6.07) is 1.77. The van der Waals surface area contributed by atoms with Gasteiger partial charge in [0.2, 0.25) is 10.0 Å². The number of anilines is 1. The SMILES string of the molecule is Cc1cc(NN)nc(CN2CCN(S(C)(=O)=O)CC2)n1. The van der Waals surface area contributed by atoms with Crippen LogP contribution >= 0.6 is 0 Å². The van der Waals surface area contributed by atoms with E-state index in [-0.39, 0.29) is 0 Å². The minimum Gasteiger partial charge on any atom is -0.308 e. The molecule has 9 heteroatoms. The molecule has 0 aliphatic carbocycles. The van der Waals surface area contributed by atoms with Crippen molar-refractivity contribution in [1.29, 1.82) is 0 Å². The summed E-state index contributed by atoms with van der Waals surface area (Å²) >= 11 is 0. The van der Waals surface area contributed by atoms with Crippen LogP contribution in [0.3, 0.4) is 0 Å². The molecule has 0 unspecified atom stereocenters. The third-order valence-corrected chi connectivity index (χ3v) is 4.52. The summed E-state index contributed by atoms with van der Waals surface area (Å²) in [6.45, 7) is 4.84. The molecule has 1 aromatic heterocycles. The lowest BCUT2D eigenvalue weighted by molar-refractivity contribution is 0.178. The molecule has 2 heterocycles. The zero-order chi connectivity index (χ0) is 14.8. The van der Waals surface area contributed by atoms with Crippen LogP contribution in [-0.4, -0.2) is 60.0 Å². The number of piperazine rings is 1. The molecule has 0 spiro atoms. The van der Waals surface area contributed by atoms with Crippen LogP contribution in [0.5, 0.6) is 0 Å². The van der Waals surface area contributed by atoms with Gasteiger partial charge in [0.1, 0.15) is 11.6 Å². The number of hydrazine groups is 1. The van der Waals surface area contributed by atoms with E-state index in [0.29, 0.717) is 44.4 Å². The predicted octanol–water partition coefficient (Wildman–Crippen LogP) is -0.852. The van der Waals surface area contributed by atoms with Crippen molar-refractivity contribution in [3.05, 3.63) is 17.6 Å². The maximum Gasteiger partial charge on any atom is 0.211 e. The number of nitrogens with two attached hydrogens (primary N) is 1. The second-order valence-corrected chi connectivity index (χ2v) is 6.88. The highest BCUT2D eigenvalue weighted by Crippen LogP contribution is 2.10. The van der Waals surface area contributed by atoms with Gasteiger partial charge in [-0.1, -0.05) is 0 Å². The highest BCUT2D eigenvalue weighted by Gasteiger charge is 2.23. The number of rotatable bonds is 4. The zero-order valence-electron chi connectivity index (χ0n) is 11.7. The van der Waals surface area contributed by atoms with Crippen LogP contribution < -0.4 is 11.3 Å². The standard InChI is InChI=1S/C11H20N6O2S/c1-9-7-10(15-12)14-11(13-9)8-16-3-5-17(6-4-16)20(2,18)19/h7H,3-6,8,12H2,1-2H3,(H,13,14,15). The maximum absolute atomic E-state index is 11.4. The topological polar surface area (TPSA) is 104 Å². The Morgan fingerprint density at radius 1 is 1.30 bits per heavy atom. The van der Waals surface area contributed by atoms with Gasteiger partial charge in [-0.3, -0.25) is 4.90 Å². The van der Waals surface area contributed by atoms with Crippen molar-refractivity contribution in [2.24, 2.45) is 5.84 Å². The lowest BCUT2D eigenvalue weighted by Crippen LogP contribution is -2.48. The number of nitrogens with one attached hydrogen (secondary N) is 1. The molecule has 0 bridgehead atoms. The summed E-state index contributed by atoms with van der Waals surface area (Å²) in [4.78, 5) is 10.8. The molecule has 20 heavy (non-hydrogen) atoms. The fraction of sp³-hybridized carbons (Fsp3) is 0.636. The fourth-order valence-corrected chi connectivity index (χ4v) is 3.02. The van der Waals surface area contributed by atoms with E-state index in [0.717, 1.165) is 5.69 Å². The molecule has 0 aromatic carbocycles. The second kappa shape index (κ2) is 6.00. The summed E-state index contributed by atoms with van der Waals surface area (Å²) in [6.07, 6.45) is 1.24. The van der Waals surface area contributed by atoms with E-state index in [2.05, 4.69) is 20.3 Å². The van der Waals surface area contributed by atoms with Crippen molar-refractivity contribution in [2.45, 2.75) is 13.5 Å². The van der Waals surface area contributed by atoms with Crippen molar-refractivity contribution < 1.29 is 8.42 Å². The van der Waals surface area contributed by atoms with Gasteiger partial charge in [-0.15, -0.1) is 0 Å². The van der Waals surface area contributed by atoms with Crippen LogP contribution in [0.4, 0.5) is 5.82 Å². The van der Waals surface area contributed by atoms with Gasteiger partial charge in [0.25, 0.3) is 0 Å². The number of hydrogen-bond acceptors (Lipinski definition) is 7. The molecule has 2 rings (SSSR count). The van der Waals surface area contributed by atoms with Crippen LogP contribution in [0.25, 0.3) is 0 Å². The Bertz CT molecular complexity index is 568. The molecule has 0 radical (unpaired) electrons. The number of sulfonamides is 1. The monoisotopic (exact) mass is 300 g/mol. The van der Waals surface area contributed by atoms with Gasteiger partial charge in [0, 0.05) is 37.9 Å². The van der Waals surface area contributed by atoms with Gasteiger partial charge in [-0.2, -0.15) is 4.31 Å². The summed E-state index contributed by atoms with van der Waals surface area (Å²) < 4.78 is 24.4. The third kappa shape index (κ3) is 3.85. The van der Waals surface area contributed by atoms with Crippen molar-refractivity contribution in [3.63, 3.8) is 0 Å². The fourth-order valence-electron chi connectivity index (χ4n) is 2.19. The third-order valence-electron chi connectivity index (χ3n) is 3.21. The number of hydrogen-bond donors (Lipinski definition) is 2. The zero-order valence-corrected chi connectivity index (χ0v) is 12.5. The number of aryl methyl sites for hydroxylation is 1. The lowest BCUT2D eigenvalue weighted by atomic mass is 10.3. The van der Waals surface area contributed by atoms with E-state index >= 15 is 0 Å². The van der Waals surface area contributed by atoms with Gasteiger partial charge >= 0.3 is 0 Å². The second-order valence-electron chi connectivity index (χ2n) is 4.89. The Labute approximate surface area is 119 Å². The van der Waals surface area contributed by atoms with Gasteiger partial charge in [0.15, 0.2) is 0 Å². The molecular weight excluding hydrogens is 280 g/mol. The van der Waals surface area contributed by atoms with Crippen molar-refractivity contribution in [3.8, 4) is 0 Å². The van der Waals surface area contributed by atoms with Crippen LogP contribution in [0, 0.1) is 6.92 Å². The summed E-state index contributed by atoms with van der Waals surface area (Å²) in [5.74, 6) is 6.63. The van der Waals surface area contributed by atoms with Gasteiger partial charge in [-0.05, 0) is 6.92 Å². The van der Waals surface area contributed by atoms with E-state index in [4.69, 9.17) is 5.84 Å². The Hall–Kier alpha value is -1.29. The summed E-state index contributed by atoms with van der Waals surface area (Å²) in [5.41, 5.74) is 3.36. The first kappa shape index (κ1) is 15.1. The molecule has 3 N–H and O–H groups in total. The normalized spacial score (nSPS) is 18.1. The van der Waals surface area contributed by atoms with E-state index < -0.39 is 10.0 Å². The largest absolute Gasteiger partial charge is 0.308 e. The van der Waals surface area contributed by atoms with Crippen LogP contribution in [0.1, 0.15) is 11.5 Å². The molecule has 8 nitrogen and oxygen atoms in total. The maximum atomic E-state index is 11.4. The number of aromatic nitrogens is 2. The first-order valence-electron chi connectivity index (χ1n) is 6.37. The molecule has 1 aromatic rings. The average Bonchev–Trinajstić information content (AvgIpc) is 2.37. The minimum atomic E-state index is -3.09. The van der Waals surface area contributed by atoms with Crippen LogP contribution in [-0.2, 0) is 16.6 Å². The Balaban J connectivity index is 1.97. The molecule has 0 atom stereocenters. The minimum absolute atomic E-state index is 0.507. The summed E-state index contributed by atoms with van der Waals surface area (Å²) in [7, 11) is -3.09.